The highest BCUT2D eigenvalue weighted by Gasteiger charge is 2.21. The van der Waals surface area contributed by atoms with Crippen LogP contribution in [-0.4, -0.2) is 17.6 Å². The highest BCUT2D eigenvalue weighted by molar-refractivity contribution is 14.1. The second kappa shape index (κ2) is 6.44. The Hall–Kier alpha value is -0.500. The summed E-state index contributed by atoms with van der Waals surface area (Å²) in [7, 11) is 0. The molecular weight excluding hydrogens is 366 g/mol. The Labute approximate surface area is 116 Å². The van der Waals surface area contributed by atoms with Gasteiger partial charge in [0.25, 0.3) is 6.43 Å². The van der Waals surface area contributed by atoms with Crippen molar-refractivity contribution in [2.75, 3.05) is 6.61 Å². The summed E-state index contributed by atoms with van der Waals surface area (Å²) in [5.74, 6) is -0.500. The van der Waals surface area contributed by atoms with E-state index in [0.717, 1.165) is 6.20 Å². The molecule has 17 heavy (non-hydrogen) atoms. The minimum Gasteiger partial charge on any atom is -0.466 e. The quantitative estimate of drug-likeness (QED) is 0.598. The van der Waals surface area contributed by atoms with Crippen LogP contribution in [0.15, 0.2) is 6.20 Å². The first kappa shape index (κ1) is 14.6. The molecule has 0 amide bonds. The summed E-state index contributed by atoms with van der Waals surface area (Å²) >= 11 is 7.34. The van der Waals surface area contributed by atoms with Gasteiger partial charge in [-0.15, -0.1) is 0 Å². The van der Waals surface area contributed by atoms with E-state index in [9.17, 15) is 13.6 Å². The number of hydrogen-bond donors (Lipinski definition) is 0. The molecule has 1 aromatic rings. The third kappa shape index (κ3) is 3.74. The Morgan fingerprint density at radius 3 is 2.82 bits per heavy atom. The van der Waals surface area contributed by atoms with Crippen molar-refractivity contribution in [2.45, 2.75) is 19.8 Å². The molecule has 0 N–H and O–H groups in total. The summed E-state index contributed by atoms with van der Waals surface area (Å²) in [6.07, 6.45) is -1.71. The van der Waals surface area contributed by atoms with E-state index in [1.807, 2.05) is 0 Å². The van der Waals surface area contributed by atoms with Crippen LogP contribution in [0, 0.1) is 3.57 Å². The van der Waals surface area contributed by atoms with Crippen LogP contribution in [-0.2, 0) is 16.0 Å². The summed E-state index contributed by atoms with van der Waals surface area (Å²) in [4.78, 5) is 15.1. The maximum absolute atomic E-state index is 12.7. The number of ether oxygens (including phenoxy) is 1. The zero-order valence-corrected chi connectivity index (χ0v) is 11.8. The Balaban J connectivity index is 3.02. The van der Waals surface area contributed by atoms with Crippen LogP contribution < -0.4 is 0 Å². The molecule has 0 saturated heterocycles. The fraction of sp³-hybridized carbons (Fsp3) is 0.400. The molecule has 1 aromatic heterocycles. The molecule has 0 aliphatic carbocycles. The predicted molar refractivity (Wildman–Crippen MR) is 67.3 cm³/mol. The van der Waals surface area contributed by atoms with E-state index in [1.165, 1.54) is 0 Å². The fourth-order valence-electron chi connectivity index (χ4n) is 1.19. The second-order valence-electron chi connectivity index (χ2n) is 3.06. The van der Waals surface area contributed by atoms with E-state index in [-0.39, 0.29) is 32.9 Å². The molecule has 0 fully saturated rings. The minimum absolute atomic E-state index is 0.1000. The van der Waals surface area contributed by atoms with E-state index in [4.69, 9.17) is 16.3 Å². The number of aromatic nitrogens is 1. The number of esters is 1. The Morgan fingerprint density at radius 2 is 2.29 bits per heavy atom. The molecule has 0 aliphatic rings. The SMILES string of the molecule is CCOC(=O)Cc1ncc(Cl)c(C(F)F)c1I. The highest BCUT2D eigenvalue weighted by atomic mass is 127. The lowest BCUT2D eigenvalue weighted by atomic mass is 10.2. The lowest BCUT2D eigenvalue weighted by Gasteiger charge is -2.10. The Morgan fingerprint density at radius 1 is 1.65 bits per heavy atom. The third-order valence-corrected chi connectivity index (χ3v) is 3.42. The first-order valence-electron chi connectivity index (χ1n) is 4.73. The number of hydrogen-bond acceptors (Lipinski definition) is 3. The summed E-state index contributed by atoms with van der Waals surface area (Å²) in [5.41, 5.74) is -0.0367. The predicted octanol–water partition coefficient (Wildman–Crippen LogP) is 3.38. The van der Waals surface area contributed by atoms with Crippen molar-refractivity contribution in [1.82, 2.24) is 4.98 Å². The van der Waals surface area contributed by atoms with Crippen molar-refractivity contribution in [3.05, 3.63) is 26.0 Å². The van der Waals surface area contributed by atoms with Crippen LogP contribution in [0.5, 0.6) is 0 Å². The van der Waals surface area contributed by atoms with Crippen molar-refractivity contribution in [2.24, 2.45) is 0 Å². The standard InChI is InChI=1S/C10H9ClF2INO2/c1-2-17-7(16)3-6-9(14)8(10(12)13)5(11)4-15-6/h4,10H,2-3H2,1H3. The molecule has 0 atom stereocenters. The highest BCUT2D eigenvalue weighted by Crippen LogP contribution is 2.32. The Kier molecular flexibility index (Phi) is 5.51. The van der Waals surface area contributed by atoms with E-state index in [2.05, 4.69) is 4.98 Å². The molecule has 0 aromatic carbocycles. The molecule has 3 nitrogen and oxygen atoms in total. The van der Waals surface area contributed by atoms with Gasteiger partial charge in [-0.2, -0.15) is 0 Å². The monoisotopic (exact) mass is 375 g/mol. The zero-order chi connectivity index (χ0) is 13.0. The van der Waals surface area contributed by atoms with E-state index < -0.39 is 12.4 Å². The largest absolute Gasteiger partial charge is 0.466 e. The van der Waals surface area contributed by atoms with Crippen LogP contribution in [0.2, 0.25) is 5.02 Å². The lowest BCUT2D eigenvalue weighted by molar-refractivity contribution is -0.142. The van der Waals surface area contributed by atoms with E-state index in [0.29, 0.717) is 0 Å². The van der Waals surface area contributed by atoms with Gasteiger partial charge in [0.15, 0.2) is 0 Å². The van der Waals surface area contributed by atoms with Crippen molar-refractivity contribution < 1.29 is 18.3 Å². The Bertz CT molecular complexity index is 429. The van der Waals surface area contributed by atoms with Gasteiger partial charge in [-0.1, -0.05) is 11.6 Å². The van der Waals surface area contributed by atoms with Crippen LogP contribution in [0.25, 0.3) is 0 Å². The van der Waals surface area contributed by atoms with Crippen LogP contribution in [0.4, 0.5) is 8.78 Å². The minimum atomic E-state index is -2.70. The van der Waals surface area contributed by atoms with Gasteiger partial charge in [-0.25, -0.2) is 8.78 Å². The smallest absolute Gasteiger partial charge is 0.311 e. The summed E-state index contributed by atoms with van der Waals surface area (Å²) in [6.45, 7) is 1.91. The van der Waals surface area contributed by atoms with Crippen LogP contribution in [0.1, 0.15) is 24.6 Å². The molecule has 0 unspecified atom stereocenters. The lowest BCUT2D eigenvalue weighted by Crippen LogP contribution is -2.11. The number of rotatable bonds is 4. The molecular formula is C10H9ClF2INO2. The van der Waals surface area contributed by atoms with Gasteiger partial charge in [0.05, 0.1) is 29.3 Å². The average Bonchev–Trinajstić information content (AvgIpc) is 2.22. The number of halogens is 4. The van der Waals surface area contributed by atoms with Crippen molar-refractivity contribution in [3.63, 3.8) is 0 Å². The summed E-state index contributed by atoms with van der Waals surface area (Å²) < 4.78 is 30.4. The second-order valence-corrected chi connectivity index (χ2v) is 4.55. The van der Waals surface area contributed by atoms with E-state index >= 15 is 0 Å². The fourth-order valence-corrected chi connectivity index (χ4v) is 2.43. The molecule has 1 heterocycles. The zero-order valence-electron chi connectivity index (χ0n) is 8.84. The van der Waals surface area contributed by atoms with Crippen molar-refractivity contribution in [1.29, 1.82) is 0 Å². The third-order valence-electron chi connectivity index (χ3n) is 1.92. The number of carbonyl (C=O) groups excluding carboxylic acids is 1. The molecule has 0 bridgehead atoms. The van der Waals surface area contributed by atoms with Crippen LogP contribution >= 0.6 is 34.2 Å². The van der Waals surface area contributed by atoms with Gasteiger partial charge in [0.2, 0.25) is 0 Å². The average molecular weight is 376 g/mol. The van der Waals surface area contributed by atoms with Gasteiger partial charge in [-0.05, 0) is 29.5 Å². The molecule has 0 saturated carbocycles. The molecule has 7 heteroatoms. The van der Waals surface area contributed by atoms with Crippen LogP contribution in [0.3, 0.4) is 0 Å². The molecule has 0 spiro atoms. The van der Waals surface area contributed by atoms with Gasteiger partial charge in [0.1, 0.15) is 0 Å². The molecule has 0 aliphatic heterocycles. The number of pyridine rings is 1. The number of nitrogens with zero attached hydrogens (tertiary/aromatic N) is 1. The van der Waals surface area contributed by atoms with Gasteiger partial charge in [-0.3, -0.25) is 9.78 Å². The number of carbonyl (C=O) groups is 1. The molecule has 1 rings (SSSR count). The summed E-state index contributed by atoms with van der Waals surface area (Å²) in [5, 5.41) is -0.1000. The normalized spacial score (nSPS) is 10.7. The van der Waals surface area contributed by atoms with Gasteiger partial charge in [0, 0.05) is 9.77 Å². The first-order valence-corrected chi connectivity index (χ1v) is 6.19. The van der Waals surface area contributed by atoms with Gasteiger partial charge >= 0.3 is 5.97 Å². The molecule has 94 valence electrons. The number of alkyl halides is 2. The van der Waals surface area contributed by atoms with Crippen molar-refractivity contribution >= 4 is 40.2 Å². The topological polar surface area (TPSA) is 39.2 Å². The molecule has 0 radical (unpaired) electrons. The summed E-state index contributed by atoms with van der Waals surface area (Å²) in [6, 6.07) is 0. The maximum Gasteiger partial charge on any atom is 0.311 e. The maximum atomic E-state index is 12.7. The first-order chi connectivity index (χ1) is 7.97. The van der Waals surface area contributed by atoms with Gasteiger partial charge < -0.3 is 4.74 Å². The van der Waals surface area contributed by atoms with Crippen molar-refractivity contribution in [3.8, 4) is 0 Å². The van der Waals surface area contributed by atoms with E-state index in [1.54, 1.807) is 29.5 Å².